The van der Waals surface area contributed by atoms with Crippen LogP contribution in [0.4, 0.5) is 5.69 Å². The van der Waals surface area contributed by atoms with Gasteiger partial charge >= 0.3 is 0 Å². The van der Waals surface area contributed by atoms with Crippen molar-refractivity contribution >= 4 is 58.6 Å². The van der Waals surface area contributed by atoms with Gasteiger partial charge in [-0.15, -0.1) is 0 Å². The van der Waals surface area contributed by atoms with Gasteiger partial charge in [-0.3, -0.25) is 9.78 Å². The first-order valence-electron chi connectivity index (χ1n) is 5.31. The van der Waals surface area contributed by atoms with Gasteiger partial charge in [0.2, 0.25) is 0 Å². The fraction of sp³-hybridized carbons (Fsp3) is 0. The number of carbonyl (C=O) groups is 1. The minimum absolute atomic E-state index is 0.0692. The van der Waals surface area contributed by atoms with Crippen molar-refractivity contribution in [3.63, 3.8) is 0 Å². The Bertz CT molecular complexity index is 585. The number of carbonyl (C=O) groups excluding carboxylic acids is 1. The highest BCUT2D eigenvalue weighted by Gasteiger charge is 2.22. The summed E-state index contributed by atoms with van der Waals surface area (Å²) in [6, 6.07) is 3.55. The van der Waals surface area contributed by atoms with Crippen molar-refractivity contribution < 1.29 is 4.79 Å². The lowest BCUT2D eigenvalue weighted by Gasteiger charge is -2.05. The summed E-state index contributed by atoms with van der Waals surface area (Å²) in [6.45, 7) is 0. The van der Waals surface area contributed by atoms with Gasteiger partial charge < -0.3 is 5.32 Å². The van der Waals surface area contributed by atoms with Crippen LogP contribution >= 0.6 is 47.0 Å². The van der Waals surface area contributed by atoms with Crippen molar-refractivity contribution in [2.45, 2.75) is 0 Å². The van der Waals surface area contributed by atoms with E-state index < -0.39 is 0 Å². The molecule has 3 heterocycles. The molecule has 7 heteroatoms. The molecule has 1 aromatic rings. The van der Waals surface area contributed by atoms with Crippen LogP contribution in [0.1, 0.15) is 0 Å². The number of anilines is 1. The fourth-order valence-electron chi connectivity index (χ4n) is 1.38. The highest BCUT2D eigenvalue weighted by molar-refractivity contribution is 8.33. The summed E-state index contributed by atoms with van der Waals surface area (Å²) < 4.78 is 2.43. The lowest BCUT2D eigenvalue weighted by atomic mass is 10.4. The van der Waals surface area contributed by atoms with E-state index in [2.05, 4.69) is 21.1 Å². The van der Waals surface area contributed by atoms with E-state index in [0.717, 1.165) is 10.6 Å². The largest absolute Gasteiger partial charge is 0.321 e. The van der Waals surface area contributed by atoms with Gasteiger partial charge in [-0.05, 0) is 28.4 Å². The molecule has 0 unspecified atom stereocenters. The lowest BCUT2D eigenvalue weighted by Crippen LogP contribution is -2.11. The third-order valence-corrected chi connectivity index (χ3v) is 7.23. The molecule has 0 radical (unpaired) electrons. The quantitative estimate of drug-likeness (QED) is 0.868. The van der Waals surface area contributed by atoms with Crippen molar-refractivity contribution in [1.82, 2.24) is 4.98 Å². The molecule has 1 amide bonds. The zero-order valence-electron chi connectivity index (χ0n) is 9.53. The number of nitrogens with zero attached hydrogens (tertiary/aromatic N) is 1. The SMILES string of the molecule is O=C(Nc1ccncc1)C1=CSC(=C2SC=CS2)S1. The Balaban J connectivity index is 1.65. The second kappa shape index (κ2) is 6.13. The molecule has 0 atom stereocenters. The Kier molecular flexibility index (Phi) is 4.27. The summed E-state index contributed by atoms with van der Waals surface area (Å²) in [6.07, 6.45) is 3.32. The van der Waals surface area contributed by atoms with Crippen molar-refractivity contribution in [3.8, 4) is 0 Å². The molecule has 3 nitrogen and oxygen atoms in total. The molecular formula is C12H8N2OS4. The summed E-state index contributed by atoms with van der Waals surface area (Å²) in [5.41, 5.74) is 0.763. The van der Waals surface area contributed by atoms with Gasteiger partial charge in [0.05, 0.1) is 13.4 Å². The summed E-state index contributed by atoms with van der Waals surface area (Å²) in [5, 5.41) is 8.88. The number of aromatic nitrogens is 1. The molecule has 0 aromatic carbocycles. The molecule has 96 valence electrons. The standard InChI is InChI=1S/C12H8N2OS4/c15-10(14-8-1-3-13-4-2-8)9-7-18-12(19-9)11-16-5-6-17-11/h1-7H,(H,13,14,15). The third-order valence-electron chi connectivity index (χ3n) is 2.21. The number of hydrogen-bond acceptors (Lipinski definition) is 6. The van der Waals surface area contributed by atoms with Gasteiger partial charge in [-0.1, -0.05) is 47.0 Å². The molecule has 19 heavy (non-hydrogen) atoms. The third kappa shape index (κ3) is 3.22. The predicted molar refractivity (Wildman–Crippen MR) is 87.5 cm³/mol. The van der Waals surface area contributed by atoms with E-state index >= 15 is 0 Å². The van der Waals surface area contributed by atoms with E-state index in [1.54, 1.807) is 59.8 Å². The number of nitrogens with one attached hydrogen (secondary N) is 1. The highest BCUT2D eigenvalue weighted by atomic mass is 32.2. The Labute approximate surface area is 127 Å². The number of amides is 1. The fourth-order valence-corrected chi connectivity index (χ4v) is 5.72. The molecule has 1 N–H and O–H groups in total. The molecule has 0 saturated carbocycles. The second-order valence-electron chi connectivity index (χ2n) is 3.47. The monoisotopic (exact) mass is 324 g/mol. The minimum atomic E-state index is -0.0692. The molecule has 0 fully saturated rings. The molecule has 2 aliphatic heterocycles. The average Bonchev–Trinajstić information content (AvgIpc) is 3.11. The first-order valence-corrected chi connectivity index (χ1v) is 8.77. The Morgan fingerprint density at radius 2 is 1.79 bits per heavy atom. The lowest BCUT2D eigenvalue weighted by molar-refractivity contribution is -0.112. The number of rotatable bonds is 2. The molecule has 1 aromatic heterocycles. The van der Waals surface area contributed by atoms with Gasteiger partial charge in [0.25, 0.3) is 5.91 Å². The number of pyridine rings is 1. The summed E-state index contributed by atoms with van der Waals surface area (Å²) in [7, 11) is 0. The van der Waals surface area contributed by atoms with E-state index in [1.165, 1.54) is 20.2 Å². The van der Waals surface area contributed by atoms with Crippen LogP contribution < -0.4 is 5.32 Å². The first kappa shape index (κ1) is 13.2. The first-order chi connectivity index (χ1) is 9.33. The summed E-state index contributed by atoms with van der Waals surface area (Å²) >= 11 is 6.55. The topological polar surface area (TPSA) is 42.0 Å². The normalized spacial score (nSPS) is 17.8. The van der Waals surface area contributed by atoms with E-state index in [0.29, 0.717) is 0 Å². The number of hydrogen-bond donors (Lipinski definition) is 1. The minimum Gasteiger partial charge on any atom is -0.321 e. The number of thioether (sulfide) groups is 4. The van der Waals surface area contributed by atoms with Crippen LogP contribution in [-0.4, -0.2) is 10.9 Å². The van der Waals surface area contributed by atoms with E-state index in [-0.39, 0.29) is 5.91 Å². The molecule has 2 aliphatic rings. The molecule has 3 rings (SSSR count). The van der Waals surface area contributed by atoms with E-state index in [9.17, 15) is 4.79 Å². The Morgan fingerprint density at radius 3 is 2.53 bits per heavy atom. The molecule has 0 aliphatic carbocycles. The van der Waals surface area contributed by atoms with Gasteiger partial charge in [0.1, 0.15) is 0 Å². The maximum absolute atomic E-state index is 12.1. The Hall–Kier alpha value is -0.760. The average molecular weight is 324 g/mol. The van der Waals surface area contributed by atoms with Crippen LogP contribution in [0.3, 0.4) is 0 Å². The Morgan fingerprint density at radius 1 is 1.05 bits per heavy atom. The van der Waals surface area contributed by atoms with E-state index in [4.69, 9.17) is 0 Å². The van der Waals surface area contributed by atoms with Gasteiger partial charge in [-0.2, -0.15) is 0 Å². The maximum Gasteiger partial charge on any atom is 0.262 e. The van der Waals surface area contributed by atoms with Crippen molar-refractivity contribution in [2.24, 2.45) is 0 Å². The molecular weight excluding hydrogens is 316 g/mol. The van der Waals surface area contributed by atoms with E-state index in [1.807, 2.05) is 5.41 Å². The van der Waals surface area contributed by atoms with Crippen LogP contribution in [0.25, 0.3) is 0 Å². The predicted octanol–water partition coefficient (Wildman–Crippen LogP) is 4.42. The van der Waals surface area contributed by atoms with Crippen LogP contribution in [0, 0.1) is 0 Å². The van der Waals surface area contributed by atoms with Crippen LogP contribution in [0.5, 0.6) is 0 Å². The van der Waals surface area contributed by atoms with Crippen molar-refractivity contribution in [3.05, 3.63) is 54.1 Å². The van der Waals surface area contributed by atoms with Gasteiger partial charge in [0, 0.05) is 18.1 Å². The van der Waals surface area contributed by atoms with Crippen LogP contribution in [0.2, 0.25) is 0 Å². The van der Waals surface area contributed by atoms with Crippen LogP contribution in [-0.2, 0) is 4.79 Å². The zero-order chi connectivity index (χ0) is 13.1. The summed E-state index contributed by atoms with van der Waals surface area (Å²) in [5.74, 6) is -0.0692. The van der Waals surface area contributed by atoms with Gasteiger partial charge in [0.15, 0.2) is 0 Å². The summed E-state index contributed by atoms with van der Waals surface area (Å²) in [4.78, 5) is 16.7. The molecule has 0 saturated heterocycles. The smallest absolute Gasteiger partial charge is 0.262 e. The van der Waals surface area contributed by atoms with Crippen molar-refractivity contribution in [1.29, 1.82) is 0 Å². The molecule has 0 bridgehead atoms. The van der Waals surface area contributed by atoms with Gasteiger partial charge in [-0.25, -0.2) is 0 Å². The highest BCUT2D eigenvalue weighted by Crippen LogP contribution is 2.53. The van der Waals surface area contributed by atoms with Crippen molar-refractivity contribution in [2.75, 3.05) is 5.32 Å². The second-order valence-corrected chi connectivity index (χ2v) is 7.76. The zero-order valence-corrected chi connectivity index (χ0v) is 12.8. The molecule has 0 spiro atoms. The van der Waals surface area contributed by atoms with Crippen LogP contribution in [0.15, 0.2) is 54.1 Å². The maximum atomic E-state index is 12.1.